The molecule has 0 spiro atoms. The van der Waals surface area contributed by atoms with Crippen molar-refractivity contribution in [2.75, 3.05) is 26.9 Å². The number of ether oxygens (including phenoxy) is 2. The highest BCUT2D eigenvalue weighted by Gasteiger charge is 2.49. The van der Waals surface area contributed by atoms with Crippen LogP contribution in [0.2, 0.25) is 0 Å². The molecular formula is C36H44INO7S. The van der Waals surface area contributed by atoms with Crippen molar-refractivity contribution in [3.8, 4) is 11.5 Å². The van der Waals surface area contributed by atoms with E-state index in [1.165, 1.54) is 12.1 Å². The van der Waals surface area contributed by atoms with E-state index < -0.39 is 16.0 Å². The van der Waals surface area contributed by atoms with Gasteiger partial charge in [0.05, 0.1) is 10.2 Å². The number of hydrogen-bond donors (Lipinski definition) is 0. The number of Topliss-reactive ketones (excluding diaryl/α,β-unsaturated/α-hetero) is 2. The minimum Gasteiger partial charge on any atom is -0.490 e. The first-order chi connectivity index (χ1) is 21.6. The zero-order valence-corrected chi connectivity index (χ0v) is 30.8. The largest absolute Gasteiger partial charge is 0.490 e. The number of ketones is 2. The highest BCUT2D eigenvalue weighted by atomic mass is 127. The number of hydrogen-bond acceptors (Lipinski definition) is 8. The van der Waals surface area contributed by atoms with Crippen molar-refractivity contribution in [2.24, 2.45) is 10.8 Å². The fourth-order valence-corrected chi connectivity index (χ4v) is 8.82. The zero-order valence-electron chi connectivity index (χ0n) is 27.8. The van der Waals surface area contributed by atoms with Crippen molar-refractivity contribution in [3.05, 3.63) is 73.6 Å². The third kappa shape index (κ3) is 6.94. The van der Waals surface area contributed by atoms with Crippen molar-refractivity contribution >= 4 is 44.3 Å². The molecule has 10 heteroatoms. The molecule has 0 bridgehead atoms. The Balaban J connectivity index is 1.70. The smallest absolute Gasteiger partial charge is 0.339 e. The first kappa shape index (κ1) is 34.6. The van der Waals surface area contributed by atoms with Gasteiger partial charge < -0.3 is 18.6 Å². The second-order valence-electron chi connectivity index (χ2n) is 14.1. The van der Waals surface area contributed by atoms with Gasteiger partial charge in [0.1, 0.15) is 4.90 Å². The number of allylic oxidation sites excluding steroid dienone is 4. The van der Waals surface area contributed by atoms with E-state index in [1.807, 2.05) is 19.9 Å². The van der Waals surface area contributed by atoms with Gasteiger partial charge >= 0.3 is 10.1 Å². The number of rotatable bonds is 10. The number of carbonyl (C=O) groups is 2. The van der Waals surface area contributed by atoms with E-state index in [1.54, 1.807) is 25.3 Å². The number of halogens is 1. The molecule has 0 aromatic heterocycles. The summed E-state index contributed by atoms with van der Waals surface area (Å²) in [7, 11) is -2.48. The average Bonchev–Trinajstić information content (AvgIpc) is 2.94. The van der Waals surface area contributed by atoms with Gasteiger partial charge in [-0.15, -0.1) is 0 Å². The fraction of sp³-hybridized carbons (Fsp3) is 0.500. The Hall–Kier alpha value is -2.70. The summed E-state index contributed by atoms with van der Waals surface area (Å²) in [5, 5.41) is 0. The minimum absolute atomic E-state index is 0.0346. The monoisotopic (exact) mass is 761 g/mol. The van der Waals surface area contributed by atoms with E-state index >= 15 is 0 Å². The first-order valence-electron chi connectivity index (χ1n) is 15.8. The maximum atomic E-state index is 14.2. The number of benzene rings is 2. The van der Waals surface area contributed by atoms with Crippen LogP contribution >= 0.6 is 22.6 Å². The molecule has 0 radical (unpaired) electrons. The van der Waals surface area contributed by atoms with Crippen LogP contribution in [0.4, 0.5) is 0 Å². The van der Waals surface area contributed by atoms with Crippen molar-refractivity contribution in [1.82, 2.24) is 4.90 Å². The highest BCUT2D eigenvalue weighted by molar-refractivity contribution is 14.1. The summed E-state index contributed by atoms with van der Waals surface area (Å²) in [4.78, 5) is 30.6. The van der Waals surface area contributed by atoms with E-state index in [4.69, 9.17) is 13.7 Å². The Bertz CT molecular complexity index is 1670. The molecule has 248 valence electrons. The van der Waals surface area contributed by atoms with Gasteiger partial charge in [-0.25, -0.2) is 0 Å². The van der Waals surface area contributed by atoms with Gasteiger partial charge in [-0.2, -0.15) is 8.42 Å². The van der Waals surface area contributed by atoms with Gasteiger partial charge in [-0.05, 0) is 96.4 Å². The molecule has 0 atom stereocenters. The van der Waals surface area contributed by atoms with Crippen LogP contribution in [0.3, 0.4) is 0 Å². The lowest BCUT2D eigenvalue weighted by molar-refractivity contribution is -0.119. The maximum Gasteiger partial charge on any atom is 0.339 e. The minimum atomic E-state index is -4.16. The van der Waals surface area contributed by atoms with Crippen LogP contribution in [-0.4, -0.2) is 51.8 Å². The lowest BCUT2D eigenvalue weighted by Gasteiger charge is -2.49. The summed E-state index contributed by atoms with van der Waals surface area (Å²) in [5.74, 6) is -0.190. The third-order valence-corrected chi connectivity index (χ3v) is 11.0. The molecule has 1 aliphatic heterocycles. The van der Waals surface area contributed by atoms with Crippen LogP contribution in [0, 0.1) is 21.3 Å². The number of nitrogens with zero attached hydrogens (tertiary/aromatic N) is 1. The zero-order chi connectivity index (χ0) is 33.6. The maximum absolute atomic E-state index is 14.2. The normalized spacial score (nSPS) is 19.7. The molecule has 0 fully saturated rings. The number of carbonyl (C=O) groups excluding carboxylic acids is 2. The number of aryl methyl sites for hydroxylation is 1. The van der Waals surface area contributed by atoms with Crippen molar-refractivity contribution in [3.63, 3.8) is 0 Å². The van der Waals surface area contributed by atoms with Crippen molar-refractivity contribution in [1.29, 1.82) is 0 Å². The molecule has 2 aliphatic carbocycles. The topological polar surface area (TPSA) is 99.2 Å². The highest BCUT2D eigenvalue weighted by Crippen LogP contribution is 2.55. The van der Waals surface area contributed by atoms with E-state index in [0.29, 0.717) is 59.1 Å². The molecule has 0 unspecified atom stereocenters. The Morgan fingerprint density at radius 3 is 2.00 bits per heavy atom. The molecule has 0 saturated carbocycles. The quantitative estimate of drug-likeness (QED) is 0.140. The van der Waals surface area contributed by atoms with Crippen LogP contribution in [0.25, 0.3) is 0 Å². The molecule has 0 amide bonds. The summed E-state index contributed by atoms with van der Waals surface area (Å²) in [6.07, 6.45) is 2.92. The molecular weight excluding hydrogens is 717 g/mol. The fourth-order valence-electron chi connectivity index (χ4n) is 6.98. The van der Waals surface area contributed by atoms with Gasteiger partial charge in [0.15, 0.2) is 23.1 Å². The van der Waals surface area contributed by atoms with Crippen molar-refractivity contribution < 1.29 is 31.7 Å². The molecule has 2 aromatic rings. The predicted octanol–water partition coefficient (Wildman–Crippen LogP) is 7.49. The first-order valence-corrected chi connectivity index (χ1v) is 18.3. The van der Waals surface area contributed by atoms with Crippen LogP contribution < -0.4 is 8.92 Å². The lowest BCUT2D eigenvalue weighted by Crippen LogP contribution is -2.44. The van der Waals surface area contributed by atoms with Gasteiger partial charge in [0.2, 0.25) is 0 Å². The van der Waals surface area contributed by atoms with Crippen molar-refractivity contribution in [2.45, 2.75) is 84.5 Å². The van der Waals surface area contributed by atoms with Gasteiger partial charge in [0, 0.05) is 61.6 Å². The Morgan fingerprint density at radius 1 is 0.913 bits per heavy atom. The predicted molar refractivity (Wildman–Crippen MR) is 185 cm³/mol. The third-order valence-electron chi connectivity index (χ3n) is 8.92. The molecule has 8 nitrogen and oxygen atoms in total. The molecule has 2 aromatic carbocycles. The van der Waals surface area contributed by atoms with Crippen LogP contribution in [-0.2, 0) is 24.4 Å². The summed E-state index contributed by atoms with van der Waals surface area (Å²) in [6, 6.07) is 10.1. The van der Waals surface area contributed by atoms with Gasteiger partial charge in [-0.3, -0.25) is 9.59 Å². The Labute approximate surface area is 286 Å². The second kappa shape index (κ2) is 13.1. The van der Waals surface area contributed by atoms with E-state index in [9.17, 15) is 18.0 Å². The SMILES string of the molecule is CCOc1cc(C2C3=C(CC(C)(C)CC3=O)N(CCCOC)C3=C2C(=O)CC(C)(C)C3)cc(I)c1OS(=O)(=O)c1ccc(C)cc1. The van der Waals surface area contributed by atoms with Gasteiger partial charge in [0.25, 0.3) is 0 Å². The van der Waals surface area contributed by atoms with E-state index in [0.717, 1.165) is 23.4 Å². The lowest BCUT2D eigenvalue weighted by atomic mass is 9.63. The Kier molecular flexibility index (Phi) is 9.84. The van der Waals surface area contributed by atoms with Crippen LogP contribution in [0.1, 0.15) is 83.8 Å². The van der Waals surface area contributed by atoms with E-state index in [-0.39, 0.29) is 45.4 Å². The standard InChI is InChI=1S/C36H44INO7S/c1-8-44-30-17-23(16-25(37)34(30)45-46(41,42)24-12-10-22(2)11-13-24)31-32-26(18-35(3,4)20-28(32)39)38(14-9-15-43-7)27-19-36(5,6)21-29(40)33(27)31/h10-13,16-17,31H,8-9,14-15,18-21H2,1-7H3. The van der Waals surface area contributed by atoms with Gasteiger partial charge in [-0.1, -0.05) is 45.4 Å². The second-order valence-corrected chi connectivity index (χ2v) is 16.9. The van der Waals surface area contributed by atoms with Crippen LogP contribution in [0.15, 0.2) is 63.8 Å². The summed E-state index contributed by atoms with van der Waals surface area (Å²) < 4.78 is 44.3. The van der Waals surface area contributed by atoms with Crippen LogP contribution in [0.5, 0.6) is 11.5 Å². The molecule has 1 heterocycles. The number of methoxy groups -OCH3 is 1. The summed E-state index contributed by atoms with van der Waals surface area (Å²) in [5.41, 5.74) is 4.43. The summed E-state index contributed by atoms with van der Waals surface area (Å²) >= 11 is 2.06. The summed E-state index contributed by atoms with van der Waals surface area (Å²) in [6.45, 7) is 13.7. The molecule has 5 rings (SSSR count). The van der Waals surface area contributed by atoms with E-state index in [2.05, 4.69) is 55.2 Å². The average molecular weight is 762 g/mol. The molecule has 46 heavy (non-hydrogen) atoms. The molecule has 0 saturated heterocycles. The Morgan fingerprint density at radius 2 is 1.48 bits per heavy atom. The molecule has 3 aliphatic rings. The molecule has 0 N–H and O–H groups in total.